The third kappa shape index (κ3) is 7.04. The molecule has 2 aromatic carbocycles. The van der Waals surface area contributed by atoms with Gasteiger partial charge in [-0.1, -0.05) is 68.2 Å². The van der Waals surface area contributed by atoms with Gasteiger partial charge in [-0.15, -0.1) is 0 Å². The molecule has 2 saturated heterocycles. The fraction of sp³-hybridized carbons (Fsp3) is 0.581. The second-order valence-corrected chi connectivity index (χ2v) is 15.2. The molecule has 0 aliphatic carbocycles. The van der Waals surface area contributed by atoms with Crippen molar-refractivity contribution >= 4 is 38.9 Å². The molecule has 9 heteroatoms. The van der Waals surface area contributed by atoms with Crippen molar-refractivity contribution in [1.82, 2.24) is 4.90 Å². The van der Waals surface area contributed by atoms with Crippen molar-refractivity contribution in [3.63, 3.8) is 0 Å². The van der Waals surface area contributed by atoms with Gasteiger partial charge in [0.25, 0.3) is 0 Å². The lowest BCUT2D eigenvalue weighted by Gasteiger charge is -2.52. The molecule has 1 unspecified atom stereocenters. The minimum atomic E-state index is -3.21. The summed E-state index contributed by atoms with van der Waals surface area (Å²) in [5.74, 6) is -0.660. The molecule has 5 atom stereocenters. The van der Waals surface area contributed by atoms with Crippen LogP contribution in [0.1, 0.15) is 83.4 Å². The average Bonchev–Trinajstić information content (AvgIpc) is 3.24. The van der Waals surface area contributed by atoms with E-state index in [4.69, 9.17) is 32.7 Å². The monoisotopic (exact) mass is 609 g/mol. The van der Waals surface area contributed by atoms with Crippen molar-refractivity contribution < 1.29 is 22.7 Å². The zero-order chi connectivity index (χ0) is 29.3. The Morgan fingerprint density at radius 1 is 1.02 bits per heavy atom. The van der Waals surface area contributed by atoms with E-state index < -0.39 is 21.0 Å². The van der Waals surface area contributed by atoms with Crippen molar-refractivity contribution in [2.24, 2.45) is 5.41 Å². The zero-order valence-corrected chi connectivity index (χ0v) is 26.4. The van der Waals surface area contributed by atoms with Crippen molar-refractivity contribution in [3.05, 3.63) is 69.7 Å². The fourth-order valence-corrected chi connectivity index (χ4v) is 7.58. The molecule has 40 heavy (non-hydrogen) atoms. The quantitative estimate of drug-likeness (QED) is 0.285. The van der Waals surface area contributed by atoms with Gasteiger partial charge >= 0.3 is 0 Å². The Balaban J connectivity index is 1.83. The van der Waals surface area contributed by atoms with Gasteiger partial charge in [-0.3, -0.25) is 4.79 Å². The average molecular weight is 611 g/mol. The van der Waals surface area contributed by atoms with E-state index >= 15 is 0 Å². The fourth-order valence-electron chi connectivity index (χ4n) is 6.34. The summed E-state index contributed by atoms with van der Waals surface area (Å²) in [6, 6.07) is 14.9. The number of hydrogen-bond donors (Lipinski definition) is 0. The summed E-state index contributed by atoms with van der Waals surface area (Å²) < 4.78 is 37.1. The molecular weight excluding hydrogens is 569 g/mol. The topological polar surface area (TPSA) is 72.9 Å². The molecule has 0 spiro atoms. The second-order valence-electron chi connectivity index (χ2n) is 11.9. The van der Waals surface area contributed by atoms with Gasteiger partial charge in [-0.25, -0.2) is 8.42 Å². The van der Waals surface area contributed by atoms with Crippen LogP contribution in [0.25, 0.3) is 0 Å². The predicted molar refractivity (Wildman–Crippen MR) is 161 cm³/mol. The minimum absolute atomic E-state index is 0.0137. The van der Waals surface area contributed by atoms with Gasteiger partial charge in [0, 0.05) is 33.2 Å². The third-order valence-corrected chi connectivity index (χ3v) is 10.6. The number of amides is 1. The molecule has 6 nitrogen and oxygen atoms in total. The van der Waals surface area contributed by atoms with Crippen LogP contribution in [0.4, 0.5) is 0 Å². The highest BCUT2D eigenvalue weighted by Crippen LogP contribution is 2.53. The maximum Gasteiger partial charge on any atom is 0.229 e. The van der Waals surface area contributed by atoms with Crippen molar-refractivity contribution in [1.29, 1.82) is 0 Å². The van der Waals surface area contributed by atoms with Gasteiger partial charge in [0.1, 0.15) is 9.84 Å². The molecule has 4 rings (SSSR count). The SMILES string of the molecule is CC[C@@H](CCS(=O)(=O)CC)N1C(=O)[C@@](C)(C[C@@H]2COC(C)(C)O2)C[C@H](c2cccc(Cl)c2)C1c1ccc(Cl)cc1. The number of ether oxygens (including phenoxy) is 2. The summed E-state index contributed by atoms with van der Waals surface area (Å²) in [5, 5.41) is 1.25. The molecular formula is C31H41Cl2NO5S. The molecule has 2 aliphatic heterocycles. The Bertz CT molecular complexity index is 1300. The van der Waals surface area contributed by atoms with Crippen LogP contribution in [0.15, 0.2) is 48.5 Å². The molecule has 0 saturated carbocycles. The summed E-state index contributed by atoms with van der Waals surface area (Å²) in [6.45, 7) is 9.89. The lowest BCUT2D eigenvalue weighted by Crippen LogP contribution is -2.56. The Morgan fingerprint density at radius 3 is 2.30 bits per heavy atom. The summed E-state index contributed by atoms with van der Waals surface area (Å²) >= 11 is 12.8. The number of benzene rings is 2. The highest BCUT2D eigenvalue weighted by molar-refractivity contribution is 7.91. The Kier molecular flexibility index (Phi) is 9.63. The van der Waals surface area contributed by atoms with Crippen LogP contribution in [-0.2, 0) is 24.1 Å². The number of nitrogens with zero attached hydrogens (tertiary/aromatic N) is 1. The first-order valence-electron chi connectivity index (χ1n) is 14.1. The maximum atomic E-state index is 14.7. The van der Waals surface area contributed by atoms with Gasteiger partial charge in [-0.2, -0.15) is 0 Å². The summed E-state index contributed by atoms with van der Waals surface area (Å²) in [5.41, 5.74) is 1.24. The number of halogens is 2. The van der Waals surface area contributed by atoms with Gasteiger partial charge < -0.3 is 14.4 Å². The molecule has 0 radical (unpaired) electrons. The molecule has 0 aromatic heterocycles. The molecule has 2 aliphatic rings. The number of carbonyl (C=O) groups excluding carboxylic acids is 1. The zero-order valence-electron chi connectivity index (χ0n) is 24.0. The van der Waals surface area contributed by atoms with Gasteiger partial charge in [-0.05, 0) is 74.9 Å². The summed E-state index contributed by atoms with van der Waals surface area (Å²) in [4.78, 5) is 16.7. The Hall–Kier alpha value is -1.64. The Morgan fingerprint density at radius 2 is 1.73 bits per heavy atom. The van der Waals surface area contributed by atoms with Crippen molar-refractivity contribution in [2.45, 2.75) is 90.2 Å². The second kappa shape index (κ2) is 12.3. The number of rotatable bonds is 10. The molecule has 2 heterocycles. The number of piperidine rings is 1. The van der Waals surface area contributed by atoms with E-state index in [2.05, 4.69) is 6.07 Å². The van der Waals surface area contributed by atoms with Crippen LogP contribution in [0, 0.1) is 5.41 Å². The van der Waals surface area contributed by atoms with E-state index in [1.54, 1.807) is 6.92 Å². The maximum absolute atomic E-state index is 14.7. The Labute approximate surface area is 249 Å². The lowest BCUT2D eigenvalue weighted by molar-refractivity contribution is -0.163. The van der Waals surface area contributed by atoms with Crippen LogP contribution in [0.3, 0.4) is 0 Å². The molecule has 2 fully saturated rings. The van der Waals surface area contributed by atoms with Gasteiger partial charge in [0.15, 0.2) is 5.79 Å². The first kappa shape index (κ1) is 31.3. The molecule has 220 valence electrons. The first-order chi connectivity index (χ1) is 18.8. The highest BCUT2D eigenvalue weighted by atomic mass is 35.5. The summed E-state index contributed by atoms with van der Waals surface area (Å²) in [7, 11) is -3.21. The minimum Gasteiger partial charge on any atom is -0.348 e. The first-order valence-corrected chi connectivity index (χ1v) is 16.7. The standard InChI is InChI=1S/C31H41Cl2NO5S/c1-6-25(15-16-40(36,37)7-2)34-28(21-11-13-23(32)14-12-21)27(22-9-8-10-24(33)17-22)19-31(5,29(34)35)18-26-20-38-30(3,4)39-26/h8-14,17,25-28H,6-7,15-16,18-20H2,1-5H3/t25-,26+,27+,28?,31-/m0/s1. The van der Waals surface area contributed by atoms with E-state index in [-0.39, 0.29) is 41.5 Å². The van der Waals surface area contributed by atoms with Crippen LogP contribution >= 0.6 is 23.2 Å². The smallest absolute Gasteiger partial charge is 0.229 e. The molecule has 2 aromatic rings. The van der Waals surface area contributed by atoms with Gasteiger partial charge in [0.05, 0.1) is 24.5 Å². The van der Waals surface area contributed by atoms with Crippen LogP contribution < -0.4 is 0 Å². The molecule has 0 bridgehead atoms. The van der Waals surface area contributed by atoms with Gasteiger partial charge in [0.2, 0.25) is 5.91 Å². The highest BCUT2D eigenvalue weighted by Gasteiger charge is 2.53. The number of hydrogen-bond acceptors (Lipinski definition) is 5. The molecule has 0 N–H and O–H groups in total. The van der Waals surface area contributed by atoms with Crippen LogP contribution in [0.5, 0.6) is 0 Å². The normalized spacial score (nSPS) is 27.6. The summed E-state index contributed by atoms with van der Waals surface area (Å²) in [6.07, 6.45) is 1.86. The van der Waals surface area contributed by atoms with E-state index in [9.17, 15) is 13.2 Å². The van der Waals surface area contributed by atoms with Crippen LogP contribution in [-0.4, -0.2) is 55.3 Å². The van der Waals surface area contributed by atoms with E-state index in [0.717, 1.165) is 11.1 Å². The third-order valence-electron chi connectivity index (χ3n) is 8.40. The largest absolute Gasteiger partial charge is 0.348 e. The number of carbonyl (C=O) groups is 1. The van der Waals surface area contributed by atoms with Crippen molar-refractivity contribution in [3.8, 4) is 0 Å². The number of likely N-dealkylation sites (tertiary alicyclic amines) is 1. The van der Waals surface area contributed by atoms with E-state index in [1.165, 1.54) is 0 Å². The predicted octanol–water partition coefficient (Wildman–Crippen LogP) is 7.20. The van der Waals surface area contributed by atoms with E-state index in [0.29, 0.717) is 42.3 Å². The van der Waals surface area contributed by atoms with Crippen molar-refractivity contribution in [2.75, 3.05) is 18.1 Å². The number of sulfone groups is 1. The van der Waals surface area contributed by atoms with E-state index in [1.807, 2.05) is 75.1 Å². The lowest BCUT2D eigenvalue weighted by atomic mass is 9.66. The van der Waals surface area contributed by atoms with Crippen LogP contribution in [0.2, 0.25) is 10.0 Å². The molecule has 1 amide bonds.